The van der Waals surface area contributed by atoms with Crippen molar-refractivity contribution in [1.82, 2.24) is 4.90 Å². The van der Waals surface area contributed by atoms with Crippen LogP contribution in [0.3, 0.4) is 0 Å². The van der Waals surface area contributed by atoms with Crippen LogP contribution < -0.4 is 0 Å². The third-order valence-electron chi connectivity index (χ3n) is 5.73. The highest BCUT2D eigenvalue weighted by Gasteiger charge is 2.37. The van der Waals surface area contributed by atoms with Crippen LogP contribution in [0, 0.1) is 5.92 Å². The van der Waals surface area contributed by atoms with Crippen LogP contribution >= 0.6 is 0 Å². The molecule has 0 radical (unpaired) electrons. The van der Waals surface area contributed by atoms with Gasteiger partial charge in [-0.2, -0.15) is 0 Å². The lowest BCUT2D eigenvalue weighted by atomic mass is 9.76. The van der Waals surface area contributed by atoms with Gasteiger partial charge in [0, 0.05) is 18.0 Å². The Morgan fingerprint density at radius 3 is 2.57 bits per heavy atom. The number of piperidine rings is 1. The predicted octanol–water partition coefficient (Wildman–Crippen LogP) is 3.59. The molecule has 1 aliphatic heterocycles. The van der Waals surface area contributed by atoms with Crippen LogP contribution in [-0.2, 0) is 5.41 Å². The van der Waals surface area contributed by atoms with Gasteiger partial charge in [0.05, 0.1) is 6.61 Å². The highest BCUT2D eigenvalue weighted by atomic mass is 16.3. The number of nitrogens with zero attached hydrogens (tertiary/aromatic N) is 1. The summed E-state index contributed by atoms with van der Waals surface area (Å²) in [4.78, 5) is 2.69. The molecule has 2 aliphatic rings. The first-order valence-corrected chi connectivity index (χ1v) is 8.63. The lowest BCUT2D eigenvalue weighted by molar-refractivity contribution is 0.0323. The van der Waals surface area contributed by atoms with Crippen LogP contribution in [0.2, 0.25) is 0 Å². The summed E-state index contributed by atoms with van der Waals surface area (Å²) in [7, 11) is 0. The van der Waals surface area contributed by atoms with Crippen LogP contribution in [0.25, 0.3) is 0 Å². The Bertz CT molecular complexity index is 444. The average Bonchev–Trinajstić information content (AvgIpc) is 2.56. The van der Waals surface area contributed by atoms with Gasteiger partial charge in [0.2, 0.25) is 0 Å². The van der Waals surface area contributed by atoms with Crippen LogP contribution in [0.15, 0.2) is 30.3 Å². The molecule has 2 fully saturated rings. The van der Waals surface area contributed by atoms with E-state index < -0.39 is 0 Å². The number of aliphatic hydroxyl groups is 1. The molecule has 1 saturated carbocycles. The van der Waals surface area contributed by atoms with Crippen molar-refractivity contribution < 1.29 is 5.11 Å². The van der Waals surface area contributed by atoms with E-state index in [1.54, 1.807) is 0 Å². The van der Waals surface area contributed by atoms with E-state index in [0.717, 1.165) is 18.5 Å². The maximum absolute atomic E-state index is 10.0. The van der Waals surface area contributed by atoms with Crippen LogP contribution in [0.1, 0.15) is 51.0 Å². The molecule has 1 aromatic carbocycles. The van der Waals surface area contributed by atoms with E-state index in [0.29, 0.717) is 0 Å². The van der Waals surface area contributed by atoms with Crippen LogP contribution in [0.4, 0.5) is 0 Å². The molecule has 116 valence electrons. The molecule has 1 aromatic rings. The summed E-state index contributed by atoms with van der Waals surface area (Å²) < 4.78 is 0. The Hall–Kier alpha value is -0.860. The first-order chi connectivity index (χ1) is 10.2. The van der Waals surface area contributed by atoms with E-state index in [1.165, 1.54) is 50.6 Å². The lowest BCUT2D eigenvalue weighted by Crippen LogP contribution is -2.52. The zero-order valence-corrected chi connectivity index (χ0v) is 13.3. The fraction of sp³-hybridized carbons (Fsp3) is 0.684. The molecular weight excluding hydrogens is 258 g/mol. The zero-order valence-electron chi connectivity index (χ0n) is 13.3. The van der Waals surface area contributed by atoms with Gasteiger partial charge in [0.15, 0.2) is 0 Å². The van der Waals surface area contributed by atoms with Crippen molar-refractivity contribution in [3.63, 3.8) is 0 Å². The Morgan fingerprint density at radius 2 is 1.81 bits per heavy atom. The normalized spacial score (nSPS) is 29.6. The van der Waals surface area contributed by atoms with Gasteiger partial charge in [-0.25, -0.2) is 0 Å². The van der Waals surface area contributed by atoms with Crippen molar-refractivity contribution in [2.45, 2.75) is 56.9 Å². The molecule has 3 rings (SSSR count). The summed E-state index contributed by atoms with van der Waals surface area (Å²) in [6.45, 7) is 4.65. The number of aliphatic hydroxyl groups excluding tert-OH is 1. The number of benzene rings is 1. The zero-order chi connectivity index (χ0) is 14.7. The molecule has 1 N–H and O–H groups in total. The van der Waals surface area contributed by atoms with Gasteiger partial charge < -0.3 is 5.11 Å². The van der Waals surface area contributed by atoms with Crippen molar-refractivity contribution in [1.29, 1.82) is 0 Å². The maximum Gasteiger partial charge on any atom is 0.0537 e. The number of hydrogen-bond acceptors (Lipinski definition) is 2. The highest BCUT2D eigenvalue weighted by Crippen LogP contribution is 2.37. The van der Waals surface area contributed by atoms with Crippen LogP contribution in [-0.4, -0.2) is 35.7 Å². The van der Waals surface area contributed by atoms with Crippen LogP contribution in [0.5, 0.6) is 0 Å². The van der Waals surface area contributed by atoms with Crippen molar-refractivity contribution in [2.75, 3.05) is 19.7 Å². The number of rotatable bonds is 4. The molecule has 1 heterocycles. The average molecular weight is 287 g/mol. The summed E-state index contributed by atoms with van der Waals surface area (Å²) in [6, 6.07) is 11.3. The molecule has 0 spiro atoms. The second-order valence-corrected chi connectivity index (χ2v) is 7.31. The minimum Gasteiger partial charge on any atom is -0.395 e. The molecule has 3 atom stereocenters. The Balaban J connectivity index is 1.76. The molecule has 1 unspecified atom stereocenters. The standard InChI is InChI=1S/C19H29NO/c1-19(15-21,17-10-3-2-4-11-17)14-20-13-7-9-16-8-5-6-12-18(16)20/h2-4,10-11,16,18,21H,5-9,12-15H2,1H3/t16-,18-,19?/m1/s1. The summed E-state index contributed by atoms with van der Waals surface area (Å²) in [5, 5.41) is 10.0. The third-order valence-corrected chi connectivity index (χ3v) is 5.73. The maximum atomic E-state index is 10.0. The number of fused-ring (bicyclic) bond motifs is 1. The molecule has 2 nitrogen and oxygen atoms in total. The van der Waals surface area contributed by atoms with E-state index in [2.05, 4.69) is 42.2 Å². The predicted molar refractivity (Wildman–Crippen MR) is 87.4 cm³/mol. The first-order valence-electron chi connectivity index (χ1n) is 8.63. The Kier molecular flexibility index (Phi) is 4.66. The molecular formula is C19H29NO. The monoisotopic (exact) mass is 287 g/mol. The fourth-order valence-electron chi connectivity index (χ4n) is 4.45. The van der Waals surface area contributed by atoms with Gasteiger partial charge in [-0.05, 0) is 43.7 Å². The second kappa shape index (κ2) is 6.50. The van der Waals surface area contributed by atoms with E-state index in [1.807, 2.05) is 0 Å². The van der Waals surface area contributed by atoms with Gasteiger partial charge in [0.25, 0.3) is 0 Å². The molecule has 2 heteroatoms. The number of hydrogen-bond donors (Lipinski definition) is 1. The van der Waals surface area contributed by atoms with Gasteiger partial charge in [0.1, 0.15) is 0 Å². The lowest BCUT2D eigenvalue weighted by Gasteiger charge is -2.47. The smallest absolute Gasteiger partial charge is 0.0537 e. The van der Waals surface area contributed by atoms with Gasteiger partial charge in [-0.1, -0.05) is 50.1 Å². The van der Waals surface area contributed by atoms with E-state index in [-0.39, 0.29) is 12.0 Å². The SMILES string of the molecule is CC(CO)(CN1CCC[C@H]2CCCC[C@H]21)c1ccccc1. The topological polar surface area (TPSA) is 23.5 Å². The fourth-order valence-corrected chi connectivity index (χ4v) is 4.45. The Morgan fingerprint density at radius 1 is 1.10 bits per heavy atom. The molecule has 0 amide bonds. The Labute approximate surface area is 129 Å². The molecule has 0 aromatic heterocycles. The van der Waals surface area contributed by atoms with Crippen molar-refractivity contribution in [3.05, 3.63) is 35.9 Å². The van der Waals surface area contributed by atoms with Crippen molar-refractivity contribution in [2.24, 2.45) is 5.92 Å². The number of likely N-dealkylation sites (tertiary alicyclic amines) is 1. The van der Waals surface area contributed by atoms with Gasteiger partial charge in [-0.15, -0.1) is 0 Å². The highest BCUT2D eigenvalue weighted by molar-refractivity contribution is 5.25. The van der Waals surface area contributed by atoms with E-state index in [4.69, 9.17) is 0 Å². The van der Waals surface area contributed by atoms with Gasteiger partial charge in [-0.3, -0.25) is 4.90 Å². The molecule has 1 aliphatic carbocycles. The summed E-state index contributed by atoms with van der Waals surface area (Å²) in [5.74, 6) is 0.909. The third kappa shape index (κ3) is 3.17. The summed E-state index contributed by atoms with van der Waals surface area (Å²) >= 11 is 0. The van der Waals surface area contributed by atoms with E-state index in [9.17, 15) is 5.11 Å². The molecule has 0 bridgehead atoms. The summed E-state index contributed by atoms with van der Waals surface area (Å²) in [6.07, 6.45) is 8.34. The van der Waals surface area contributed by atoms with E-state index >= 15 is 0 Å². The summed E-state index contributed by atoms with van der Waals surface area (Å²) in [5.41, 5.74) is 1.13. The van der Waals surface area contributed by atoms with Gasteiger partial charge >= 0.3 is 0 Å². The molecule has 21 heavy (non-hydrogen) atoms. The van der Waals surface area contributed by atoms with Crippen molar-refractivity contribution >= 4 is 0 Å². The minimum absolute atomic E-state index is 0.138. The van der Waals surface area contributed by atoms with Crippen molar-refractivity contribution in [3.8, 4) is 0 Å². The quantitative estimate of drug-likeness (QED) is 0.915. The second-order valence-electron chi connectivity index (χ2n) is 7.31. The molecule has 1 saturated heterocycles. The minimum atomic E-state index is -0.138. The first kappa shape index (κ1) is 15.1. The largest absolute Gasteiger partial charge is 0.395 e.